The summed E-state index contributed by atoms with van der Waals surface area (Å²) in [6.07, 6.45) is 0. The van der Waals surface area contributed by atoms with Crippen LogP contribution in [0.25, 0.3) is 33.3 Å². The van der Waals surface area contributed by atoms with Crippen LogP contribution in [0, 0.1) is 0 Å². The van der Waals surface area contributed by atoms with Gasteiger partial charge in [0.1, 0.15) is 5.69 Å². The second kappa shape index (κ2) is 6.19. The van der Waals surface area contributed by atoms with Crippen LogP contribution in [0.2, 0.25) is 0 Å². The van der Waals surface area contributed by atoms with Gasteiger partial charge in [-0.2, -0.15) is 0 Å². The number of rotatable bonds is 2. The number of hydrogen-bond acceptors (Lipinski definition) is 1. The summed E-state index contributed by atoms with van der Waals surface area (Å²) >= 11 is 0. The Morgan fingerprint density at radius 2 is 1.68 bits per heavy atom. The third-order valence-corrected chi connectivity index (χ3v) is 4.91. The molecule has 0 unspecified atom stereocenters. The predicted octanol–water partition coefficient (Wildman–Crippen LogP) is 3.31. The molecule has 4 rings (SSSR count). The van der Waals surface area contributed by atoms with E-state index in [-0.39, 0.29) is 0 Å². The Kier molecular flexibility index (Phi) is 3.86. The first-order chi connectivity index (χ1) is 12.2. The van der Waals surface area contributed by atoms with Crippen LogP contribution in [-0.4, -0.2) is 18.7 Å². The maximum atomic E-state index is 4.35. The highest BCUT2D eigenvalue weighted by Gasteiger charge is 2.17. The minimum absolute atomic E-state index is 1.000. The van der Waals surface area contributed by atoms with Crippen molar-refractivity contribution in [1.82, 2.24) is 4.57 Å². The van der Waals surface area contributed by atoms with Crippen LogP contribution < -0.4 is 10.7 Å². The molecule has 2 N–H and O–H groups in total. The molecule has 0 bridgehead atoms. The molecule has 1 heterocycles. The van der Waals surface area contributed by atoms with E-state index in [4.69, 9.17) is 0 Å². The number of quaternary nitrogens is 1. The van der Waals surface area contributed by atoms with E-state index in [1.807, 2.05) is 7.05 Å². The molecule has 0 saturated heterocycles. The molecule has 124 valence electrons. The molecule has 3 heteroatoms. The molecule has 0 radical (unpaired) electrons. The van der Waals surface area contributed by atoms with Crippen molar-refractivity contribution in [3.8, 4) is 22.5 Å². The Hall–Kier alpha value is -2.91. The lowest BCUT2D eigenvalue weighted by Crippen LogP contribution is -2.72. The topological polar surface area (TPSA) is 33.9 Å². The van der Waals surface area contributed by atoms with E-state index in [0.717, 1.165) is 5.36 Å². The van der Waals surface area contributed by atoms with E-state index in [2.05, 4.69) is 95.7 Å². The Morgan fingerprint density at radius 1 is 0.880 bits per heavy atom. The Morgan fingerprint density at radius 3 is 2.40 bits per heavy atom. The van der Waals surface area contributed by atoms with Crippen molar-refractivity contribution in [3.63, 3.8) is 0 Å². The quantitative estimate of drug-likeness (QED) is 0.433. The third-order valence-electron chi connectivity index (χ3n) is 4.91. The van der Waals surface area contributed by atoms with Crippen molar-refractivity contribution >= 4 is 16.5 Å². The van der Waals surface area contributed by atoms with E-state index < -0.39 is 0 Å². The number of benzene rings is 3. The number of hydrogen-bond donors (Lipinski definition) is 1. The van der Waals surface area contributed by atoms with Gasteiger partial charge in [0.15, 0.2) is 0 Å². The number of pyridine rings is 1. The Bertz CT molecular complexity index is 1090. The minimum Gasteiger partial charge on any atom is -0.343 e. The maximum Gasteiger partial charge on any atom is 0.130 e. The molecule has 0 atom stereocenters. The molecule has 1 aliphatic carbocycles. The van der Waals surface area contributed by atoms with Crippen LogP contribution in [0.3, 0.4) is 0 Å². The predicted molar refractivity (Wildman–Crippen MR) is 104 cm³/mol. The second-order valence-corrected chi connectivity index (χ2v) is 6.29. The van der Waals surface area contributed by atoms with Gasteiger partial charge in [-0.15, -0.1) is 0 Å². The van der Waals surface area contributed by atoms with Crippen LogP contribution in [0.4, 0.5) is 5.69 Å². The van der Waals surface area contributed by atoms with Crippen molar-refractivity contribution < 1.29 is 5.32 Å². The lowest BCUT2D eigenvalue weighted by molar-refractivity contribution is -0.539. The molecule has 0 aromatic heterocycles. The summed E-state index contributed by atoms with van der Waals surface area (Å²) in [5.41, 5.74) is 6.16. The van der Waals surface area contributed by atoms with Gasteiger partial charge in [-0.25, -0.2) is 0 Å². The lowest BCUT2D eigenvalue weighted by atomic mass is 9.95. The van der Waals surface area contributed by atoms with E-state index in [1.54, 1.807) is 0 Å². The standard InChI is InChI=1S/C22H21N3/c1-23-16-9-11-18-19-12-10-17(24-2)14-21(19)25(3)22(20(18)13-16)15-7-5-4-6-8-15/h4-14,23H,1-3H3/p+1. The summed E-state index contributed by atoms with van der Waals surface area (Å²) in [6.45, 7) is 0. The van der Waals surface area contributed by atoms with Gasteiger partial charge < -0.3 is 9.88 Å². The van der Waals surface area contributed by atoms with Crippen molar-refractivity contribution in [1.29, 1.82) is 0 Å². The summed E-state index contributed by atoms with van der Waals surface area (Å²) in [5, 5.41) is 5.70. The molecule has 0 fully saturated rings. The third kappa shape index (κ3) is 2.53. The lowest BCUT2D eigenvalue weighted by Gasteiger charge is -2.21. The zero-order valence-electron chi connectivity index (χ0n) is 14.8. The summed E-state index contributed by atoms with van der Waals surface area (Å²) in [6, 6.07) is 23.8. The fourth-order valence-electron chi connectivity index (χ4n) is 3.58. The van der Waals surface area contributed by atoms with Gasteiger partial charge in [0.25, 0.3) is 0 Å². The van der Waals surface area contributed by atoms with Gasteiger partial charge >= 0.3 is 0 Å². The van der Waals surface area contributed by atoms with Crippen LogP contribution >= 0.6 is 0 Å². The summed E-state index contributed by atoms with van der Waals surface area (Å²) in [4.78, 5) is 4.35. The van der Waals surface area contributed by atoms with E-state index in [0.29, 0.717) is 0 Å². The largest absolute Gasteiger partial charge is 0.343 e. The maximum absolute atomic E-state index is 4.35. The Balaban J connectivity index is 2.22. The summed E-state index contributed by atoms with van der Waals surface area (Å²) < 4.78 is 2.29. The van der Waals surface area contributed by atoms with Crippen LogP contribution in [0.15, 0.2) is 71.7 Å². The van der Waals surface area contributed by atoms with Gasteiger partial charge in [-0.3, -0.25) is 4.99 Å². The van der Waals surface area contributed by atoms with E-state index in [1.165, 1.54) is 39.0 Å². The molecule has 2 aromatic rings. The first-order valence-electron chi connectivity index (χ1n) is 8.57. The molecule has 25 heavy (non-hydrogen) atoms. The fraction of sp³-hybridized carbons (Fsp3) is 0.136. The molecule has 2 aliphatic rings. The van der Waals surface area contributed by atoms with Crippen molar-refractivity contribution in [2.24, 2.45) is 12.0 Å². The van der Waals surface area contributed by atoms with Gasteiger partial charge in [-0.1, -0.05) is 36.4 Å². The molecule has 3 nitrogen and oxygen atoms in total. The normalized spacial score (nSPS) is 12.2. The van der Waals surface area contributed by atoms with Gasteiger partial charge in [-0.05, 0) is 35.2 Å². The van der Waals surface area contributed by atoms with Gasteiger partial charge in [0.05, 0.1) is 23.8 Å². The highest BCUT2D eigenvalue weighted by Crippen LogP contribution is 2.37. The molecule has 0 amide bonds. The number of nitrogens with zero attached hydrogens (tertiary/aromatic N) is 2. The summed E-state index contributed by atoms with van der Waals surface area (Å²) in [7, 11) is 6.06. The first-order valence-corrected chi connectivity index (χ1v) is 8.57. The van der Waals surface area contributed by atoms with Crippen LogP contribution in [0.5, 0.6) is 0 Å². The smallest absolute Gasteiger partial charge is 0.130 e. The number of aromatic nitrogens is 1. The molecular formula is C22H22N3+. The molecule has 1 aliphatic heterocycles. The molecular weight excluding hydrogens is 306 g/mol. The second-order valence-electron chi connectivity index (χ2n) is 6.29. The zero-order chi connectivity index (χ0) is 17.4. The number of nitrogens with two attached hydrogens (primary N) is 1. The molecule has 0 spiro atoms. The SMILES string of the molecule is CN=c1ccc2c3ccc([NH2+]C)cc3c(-c3ccccc3)n(C)c-2c1. The average molecular weight is 328 g/mol. The van der Waals surface area contributed by atoms with Crippen molar-refractivity contribution in [2.75, 3.05) is 14.1 Å². The molecule has 0 saturated carbocycles. The fourth-order valence-corrected chi connectivity index (χ4v) is 3.58. The Labute approximate surface area is 147 Å². The number of fused-ring (bicyclic) bond motifs is 3. The van der Waals surface area contributed by atoms with E-state index in [9.17, 15) is 0 Å². The first kappa shape index (κ1) is 15.6. The van der Waals surface area contributed by atoms with E-state index >= 15 is 0 Å². The molecule has 2 aromatic carbocycles. The highest BCUT2D eigenvalue weighted by molar-refractivity contribution is 6.05. The monoisotopic (exact) mass is 328 g/mol. The zero-order valence-corrected chi connectivity index (χ0v) is 14.8. The van der Waals surface area contributed by atoms with Crippen molar-refractivity contribution in [2.45, 2.75) is 0 Å². The van der Waals surface area contributed by atoms with Crippen LogP contribution in [-0.2, 0) is 7.05 Å². The highest BCUT2D eigenvalue weighted by atomic mass is 15.0. The minimum atomic E-state index is 1.000. The van der Waals surface area contributed by atoms with Gasteiger partial charge in [0, 0.05) is 31.1 Å². The van der Waals surface area contributed by atoms with Crippen LogP contribution in [0.1, 0.15) is 0 Å². The van der Waals surface area contributed by atoms with Gasteiger partial charge in [0.2, 0.25) is 0 Å². The average Bonchev–Trinajstić information content (AvgIpc) is 2.68. The van der Waals surface area contributed by atoms with Crippen molar-refractivity contribution in [3.05, 3.63) is 72.1 Å². The summed E-state index contributed by atoms with van der Waals surface area (Å²) in [5.74, 6) is 0.